The molecule has 3 atom stereocenters. The first-order valence-electron chi connectivity index (χ1n) is 8.50. The van der Waals surface area contributed by atoms with Crippen LogP contribution in [-0.4, -0.2) is 6.04 Å². The van der Waals surface area contributed by atoms with Crippen LogP contribution in [0.3, 0.4) is 0 Å². The van der Waals surface area contributed by atoms with Crippen molar-refractivity contribution >= 4 is 0 Å². The summed E-state index contributed by atoms with van der Waals surface area (Å²) in [6.07, 6.45) is 14.2. The fourth-order valence-electron chi connectivity index (χ4n) is 4.42. The van der Waals surface area contributed by atoms with Gasteiger partial charge in [-0.15, -0.1) is 0 Å². The van der Waals surface area contributed by atoms with E-state index < -0.39 is 0 Å². The van der Waals surface area contributed by atoms with E-state index >= 15 is 0 Å². The van der Waals surface area contributed by atoms with E-state index in [1.54, 1.807) is 0 Å². The molecule has 2 aliphatic rings. The van der Waals surface area contributed by atoms with Gasteiger partial charge < -0.3 is 5.73 Å². The lowest BCUT2D eigenvalue weighted by molar-refractivity contribution is 0.154. The van der Waals surface area contributed by atoms with Crippen LogP contribution in [0.2, 0.25) is 0 Å². The summed E-state index contributed by atoms with van der Waals surface area (Å²) < 4.78 is 0. The van der Waals surface area contributed by atoms with Gasteiger partial charge in [0.2, 0.25) is 0 Å². The summed E-state index contributed by atoms with van der Waals surface area (Å²) in [4.78, 5) is 0. The van der Waals surface area contributed by atoms with Gasteiger partial charge >= 0.3 is 0 Å². The average Bonchev–Trinajstić information content (AvgIpc) is 2.46. The van der Waals surface area contributed by atoms with Crippen LogP contribution >= 0.6 is 0 Å². The topological polar surface area (TPSA) is 26.0 Å². The Labute approximate surface area is 114 Å². The van der Waals surface area contributed by atoms with Crippen molar-refractivity contribution < 1.29 is 0 Å². The van der Waals surface area contributed by atoms with Crippen molar-refractivity contribution in [2.24, 2.45) is 29.4 Å². The molecule has 0 bridgehead atoms. The predicted octanol–water partition coefficient (Wildman–Crippen LogP) is 4.75. The fourth-order valence-corrected chi connectivity index (χ4v) is 4.42. The molecule has 2 aliphatic carbocycles. The number of hydrogen-bond donors (Lipinski definition) is 1. The number of nitrogens with two attached hydrogens (primary N) is 1. The van der Waals surface area contributed by atoms with Crippen LogP contribution in [0.25, 0.3) is 0 Å². The van der Waals surface area contributed by atoms with Crippen LogP contribution in [0.4, 0.5) is 0 Å². The van der Waals surface area contributed by atoms with E-state index in [0.29, 0.717) is 6.04 Å². The maximum atomic E-state index is 6.63. The van der Waals surface area contributed by atoms with Gasteiger partial charge in [0, 0.05) is 6.04 Å². The molecule has 1 nitrogen and oxygen atoms in total. The van der Waals surface area contributed by atoms with Crippen molar-refractivity contribution in [2.45, 2.75) is 84.1 Å². The molecule has 2 N–H and O–H groups in total. The maximum Gasteiger partial charge on any atom is 0.00957 e. The highest BCUT2D eigenvalue weighted by molar-refractivity contribution is 4.87. The zero-order chi connectivity index (χ0) is 13.0. The highest BCUT2D eigenvalue weighted by Gasteiger charge is 2.32. The third-order valence-corrected chi connectivity index (χ3v) is 5.96. The standard InChI is InChI=1S/C17H33N/c1-3-13-8-10-15(11-9-13)17(18)16-7-5-6-14(4-2)12-16/h13-17H,3-12,18H2,1-2H3. The highest BCUT2D eigenvalue weighted by Crippen LogP contribution is 2.39. The summed E-state index contributed by atoms with van der Waals surface area (Å²) in [7, 11) is 0. The van der Waals surface area contributed by atoms with Gasteiger partial charge in [0.05, 0.1) is 0 Å². The Morgan fingerprint density at radius 2 is 1.50 bits per heavy atom. The monoisotopic (exact) mass is 251 g/mol. The first-order chi connectivity index (χ1) is 8.74. The molecule has 2 fully saturated rings. The Hall–Kier alpha value is -0.0400. The first-order valence-corrected chi connectivity index (χ1v) is 8.50. The van der Waals surface area contributed by atoms with E-state index in [4.69, 9.17) is 5.73 Å². The number of rotatable bonds is 4. The van der Waals surface area contributed by atoms with E-state index in [1.807, 2.05) is 0 Å². The molecule has 0 aromatic carbocycles. The smallest absolute Gasteiger partial charge is 0.00957 e. The van der Waals surface area contributed by atoms with Gasteiger partial charge in [0.25, 0.3) is 0 Å². The quantitative estimate of drug-likeness (QED) is 0.767. The van der Waals surface area contributed by atoms with E-state index in [9.17, 15) is 0 Å². The van der Waals surface area contributed by atoms with Crippen LogP contribution < -0.4 is 5.73 Å². The van der Waals surface area contributed by atoms with Gasteiger partial charge in [0.1, 0.15) is 0 Å². The molecule has 106 valence electrons. The van der Waals surface area contributed by atoms with Gasteiger partial charge in [-0.2, -0.15) is 0 Å². The van der Waals surface area contributed by atoms with Crippen molar-refractivity contribution in [3.63, 3.8) is 0 Å². The third kappa shape index (κ3) is 3.50. The van der Waals surface area contributed by atoms with Crippen molar-refractivity contribution in [1.29, 1.82) is 0 Å². The molecule has 0 aromatic heterocycles. The Bertz CT molecular complexity index is 230. The molecule has 0 aliphatic heterocycles. The molecule has 0 radical (unpaired) electrons. The van der Waals surface area contributed by atoms with E-state index in [2.05, 4.69) is 13.8 Å². The summed E-state index contributed by atoms with van der Waals surface area (Å²) in [5.41, 5.74) is 6.63. The maximum absolute atomic E-state index is 6.63. The molecular weight excluding hydrogens is 218 g/mol. The molecule has 1 heteroatoms. The summed E-state index contributed by atoms with van der Waals surface area (Å²) >= 11 is 0. The summed E-state index contributed by atoms with van der Waals surface area (Å²) in [6.45, 7) is 4.70. The second kappa shape index (κ2) is 6.93. The Morgan fingerprint density at radius 1 is 0.833 bits per heavy atom. The van der Waals surface area contributed by atoms with Crippen LogP contribution in [0.1, 0.15) is 78.1 Å². The summed E-state index contributed by atoms with van der Waals surface area (Å²) in [5.74, 6) is 3.66. The van der Waals surface area contributed by atoms with E-state index in [-0.39, 0.29) is 0 Å². The molecule has 2 rings (SSSR count). The SMILES string of the molecule is CCC1CCC(C(N)C2CCCC(CC)C2)CC1. The van der Waals surface area contributed by atoms with Crippen molar-refractivity contribution in [3.8, 4) is 0 Å². The Kier molecular flexibility index (Phi) is 5.54. The second-order valence-electron chi connectivity index (χ2n) is 6.97. The third-order valence-electron chi connectivity index (χ3n) is 5.96. The average molecular weight is 251 g/mol. The summed E-state index contributed by atoms with van der Waals surface area (Å²) in [5, 5.41) is 0. The van der Waals surface area contributed by atoms with Crippen molar-refractivity contribution in [3.05, 3.63) is 0 Å². The van der Waals surface area contributed by atoms with Crippen molar-refractivity contribution in [2.75, 3.05) is 0 Å². The lowest BCUT2D eigenvalue weighted by Gasteiger charge is -2.39. The summed E-state index contributed by atoms with van der Waals surface area (Å²) in [6, 6.07) is 0.511. The van der Waals surface area contributed by atoms with Gasteiger partial charge in [-0.25, -0.2) is 0 Å². The van der Waals surface area contributed by atoms with Gasteiger partial charge in [-0.1, -0.05) is 52.4 Å². The molecule has 2 saturated carbocycles. The zero-order valence-corrected chi connectivity index (χ0v) is 12.5. The normalized spacial score (nSPS) is 39.5. The van der Waals surface area contributed by atoms with Gasteiger partial charge in [0.15, 0.2) is 0 Å². The van der Waals surface area contributed by atoms with Crippen LogP contribution in [-0.2, 0) is 0 Å². The highest BCUT2D eigenvalue weighted by atomic mass is 14.7. The Morgan fingerprint density at radius 3 is 2.11 bits per heavy atom. The lowest BCUT2D eigenvalue weighted by atomic mass is 9.69. The van der Waals surface area contributed by atoms with E-state index in [0.717, 1.165) is 23.7 Å². The molecule has 0 aromatic rings. The van der Waals surface area contributed by atoms with Gasteiger partial charge in [-0.05, 0) is 49.4 Å². The largest absolute Gasteiger partial charge is 0.327 e. The lowest BCUT2D eigenvalue weighted by Crippen LogP contribution is -2.41. The molecule has 3 unspecified atom stereocenters. The van der Waals surface area contributed by atoms with Gasteiger partial charge in [-0.3, -0.25) is 0 Å². The predicted molar refractivity (Wildman–Crippen MR) is 79.5 cm³/mol. The van der Waals surface area contributed by atoms with E-state index in [1.165, 1.54) is 64.2 Å². The molecule has 0 saturated heterocycles. The number of hydrogen-bond acceptors (Lipinski definition) is 1. The van der Waals surface area contributed by atoms with Crippen LogP contribution in [0.15, 0.2) is 0 Å². The minimum atomic E-state index is 0.511. The zero-order valence-electron chi connectivity index (χ0n) is 12.5. The van der Waals surface area contributed by atoms with Crippen molar-refractivity contribution in [1.82, 2.24) is 0 Å². The Balaban J connectivity index is 1.81. The van der Waals surface area contributed by atoms with Crippen LogP contribution in [0.5, 0.6) is 0 Å². The molecule has 0 spiro atoms. The molecular formula is C17H33N. The molecule has 0 heterocycles. The minimum absolute atomic E-state index is 0.511. The minimum Gasteiger partial charge on any atom is -0.327 e. The van der Waals surface area contributed by atoms with Crippen LogP contribution in [0, 0.1) is 23.7 Å². The first kappa shape index (κ1) is 14.4. The molecule has 0 amide bonds. The second-order valence-corrected chi connectivity index (χ2v) is 6.97. The fraction of sp³-hybridized carbons (Fsp3) is 1.00. The molecule has 18 heavy (non-hydrogen) atoms.